The number of hydrogen-bond acceptors (Lipinski definition) is 2. The van der Waals surface area contributed by atoms with Crippen molar-refractivity contribution >= 4 is 6.29 Å². The molecule has 0 spiro atoms. The minimum absolute atomic E-state index is 0.0885. The van der Waals surface area contributed by atoms with Crippen molar-refractivity contribution < 1.29 is 9.53 Å². The summed E-state index contributed by atoms with van der Waals surface area (Å²) in [6.45, 7) is 12.9. The molecule has 3 atom stereocenters. The second kappa shape index (κ2) is 5.13. The molecular formula is C14H24O2. The molecule has 0 aromatic heterocycles. The van der Waals surface area contributed by atoms with E-state index < -0.39 is 0 Å². The van der Waals surface area contributed by atoms with E-state index in [1.54, 1.807) is 0 Å². The topological polar surface area (TPSA) is 26.3 Å². The average Bonchev–Trinajstić information content (AvgIpc) is 2.17. The van der Waals surface area contributed by atoms with Crippen LogP contribution in [-0.4, -0.2) is 18.5 Å². The Morgan fingerprint density at radius 3 is 2.62 bits per heavy atom. The van der Waals surface area contributed by atoms with Crippen molar-refractivity contribution in [3.8, 4) is 0 Å². The maximum absolute atomic E-state index is 10.4. The molecule has 2 heteroatoms. The molecule has 0 aliphatic carbocycles. The third-order valence-corrected chi connectivity index (χ3v) is 3.31. The molecule has 0 saturated carbocycles. The molecule has 0 bridgehead atoms. The lowest BCUT2D eigenvalue weighted by Gasteiger charge is -2.42. The number of carbonyl (C=O) groups is 1. The van der Waals surface area contributed by atoms with Gasteiger partial charge in [-0.3, -0.25) is 0 Å². The first-order chi connectivity index (χ1) is 7.36. The Hall–Kier alpha value is -0.630. The number of ether oxygens (including phenoxy) is 1. The second-order valence-electron chi connectivity index (χ2n) is 5.96. The van der Waals surface area contributed by atoms with Gasteiger partial charge in [0.1, 0.15) is 6.29 Å². The minimum Gasteiger partial charge on any atom is -0.370 e. The summed E-state index contributed by atoms with van der Waals surface area (Å²) >= 11 is 0. The molecule has 0 radical (unpaired) electrons. The van der Waals surface area contributed by atoms with Crippen LogP contribution in [0.25, 0.3) is 0 Å². The van der Waals surface area contributed by atoms with E-state index in [2.05, 4.69) is 34.3 Å². The summed E-state index contributed by atoms with van der Waals surface area (Å²) in [5, 5.41) is 0. The van der Waals surface area contributed by atoms with E-state index in [9.17, 15) is 4.79 Å². The summed E-state index contributed by atoms with van der Waals surface area (Å²) < 4.78 is 6.08. The third kappa shape index (κ3) is 3.18. The Bertz CT molecular complexity index is 262. The Morgan fingerprint density at radius 2 is 2.12 bits per heavy atom. The van der Waals surface area contributed by atoms with Crippen LogP contribution < -0.4 is 0 Å². The Kier molecular flexibility index (Phi) is 4.31. The second-order valence-corrected chi connectivity index (χ2v) is 5.96. The zero-order chi connectivity index (χ0) is 12.3. The van der Waals surface area contributed by atoms with E-state index in [4.69, 9.17) is 4.74 Å². The molecule has 0 aromatic carbocycles. The van der Waals surface area contributed by atoms with E-state index in [0.29, 0.717) is 12.3 Å². The third-order valence-electron chi connectivity index (χ3n) is 3.31. The number of hydrogen-bond donors (Lipinski definition) is 0. The molecule has 0 aromatic rings. The zero-order valence-corrected chi connectivity index (χ0v) is 11.0. The lowest BCUT2D eigenvalue weighted by molar-refractivity contribution is -0.110. The summed E-state index contributed by atoms with van der Waals surface area (Å²) in [4.78, 5) is 10.4. The summed E-state index contributed by atoms with van der Waals surface area (Å²) in [5.41, 5.74) is 1.29. The first-order valence-electron chi connectivity index (χ1n) is 6.14. The van der Waals surface area contributed by atoms with Crippen molar-refractivity contribution in [2.24, 2.45) is 11.3 Å². The van der Waals surface area contributed by atoms with Crippen molar-refractivity contribution in [3.63, 3.8) is 0 Å². The molecule has 0 amide bonds. The van der Waals surface area contributed by atoms with Gasteiger partial charge in [0.15, 0.2) is 0 Å². The molecule has 0 N–H and O–H groups in total. The molecule has 92 valence electrons. The van der Waals surface area contributed by atoms with Crippen LogP contribution in [0.4, 0.5) is 0 Å². The van der Waals surface area contributed by atoms with E-state index >= 15 is 0 Å². The summed E-state index contributed by atoms with van der Waals surface area (Å²) in [6.07, 6.45) is 3.75. The van der Waals surface area contributed by atoms with Crippen LogP contribution >= 0.6 is 0 Å². The van der Waals surface area contributed by atoms with E-state index in [1.165, 1.54) is 5.57 Å². The Morgan fingerprint density at radius 1 is 1.50 bits per heavy atom. The average molecular weight is 224 g/mol. The van der Waals surface area contributed by atoms with Gasteiger partial charge in [0.2, 0.25) is 0 Å². The van der Waals surface area contributed by atoms with E-state index in [1.807, 2.05) is 0 Å². The highest BCUT2D eigenvalue weighted by atomic mass is 16.5. The number of aldehydes is 1. The first kappa shape index (κ1) is 13.4. The maximum Gasteiger partial charge on any atom is 0.120 e. The van der Waals surface area contributed by atoms with Gasteiger partial charge < -0.3 is 9.53 Å². The fourth-order valence-electron chi connectivity index (χ4n) is 2.34. The Balaban J connectivity index is 2.69. The quantitative estimate of drug-likeness (QED) is 0.543. The summed E-state index contributed by atoms with van der Waals surface area (Å²) in [5.74, 6) is 0.495. The van der Waals surface area contributed by atoms with Crippen LogP contribution in [0.3, 0.4) is 0 Å². The van der Waals surface area contributed by atoms with Crippen LogP contribution in [0.15, 0.2) is 12.2 Å². The molecule has 2 nitrogen and oxygen atoms in total. The molecular weight excluding hydrogens is 200 g/mol. The van der Waals surface area contributed by atoms with Crippen LogP contribution in [0, 0.1) is 11.3 Å². The predicted molar refractivity (Wildman–Crippen MR) is 66.3 cm³/mol. The van der Waals surface area contributed by atoms with Gasteiger partial charge in [0.25, 0.3) is 0 Å². The maximum atomic E-state index is 10.4. The minimum atomic E-state index is 0.0885. The van der Waals surface area contributed by atoms with Gasteiger partial charge in [-0.05, 0) is 29.7 Å². The standard InChI is InChI=1S/C14H24O2/c1-10-9-12(7-6-8-15)16-13(11(10)2)14(3,4)5/h8,10,12-13H,2,6-7,9H2,1,3-5H3/t10-,12?,13+/m1/s1. The molecule has 1 heterocycles. The molecule has 1 saturated heterocycles. The van der Waals surface area contributed by atoms with Gasteiger partial charge in [0, 0.05) is 6.42 Å². The van der Waals surface area contributed by atoms with Crippen LogP contribution in [0.2, 0.25) is 0 Å². The van der Waals surface area contributed by atoms with Crippen molar-refractivity contribution in [1.82, 2.24) is 0 Å². The van der Waals surface area contributed by atoms with Gasteiger partial charge in [0.05, 0.1) is 12.2 Å². The molecule has 1 aliphatic rings. The lowest BCUT2D eigenvalue weighted by Crippen LogP contribution is -2.41. The molecule has 1 unspecified atom stereocenters. The smallest absolute Gasteiger partial charge is 0.120 e. The van der Waals surface area contributed by atoms with Gasteiger partial charge >= 0.3 is 0 Å². The van der Waals surface area contributed by atoms with Gasteiger partial charge in [-0.25, -0.2) is 0 Å². The molecule has 1 aliphatic heterocycles. The monoisotopic (exact) mass is 224 g/mol. The normalized spacial score (nSPS) is 31.5. The van der Waals surface area contributed by atoms with Gasteiger partial charge in [-0.1, -0.05) is 34.3 Å². The van der Waals surface area contributed by atoms with Crippen LogP contribution in [0.1, 0.15) is 47.0 Å². The molecule has 1 fully saturated rings. The first-order valence-corrected chi connectivity index (χ1v) is 6.14. The number of carbonyl (C=O) groups excluding carboxylic acids is 1. The van der Waals surface area contributed by atoms with Gasteiger partial charge in [-0.2, -0.15) is 0 Å². The number of rotatable bonds is 3. The SMILES string of the molecule is C=C1[C@H](C)CC(CCC=O)O[C@@H]1C(C)(C)C. The lowest BCUT2D eigenvalue weighted by atomic mass is 9.77. The van der Waals surface area contributed by atoms with Crippen LogP contribution in [0.5, 0.6) is 0 Å². The zero-order valence-electron chi connectivity index (χ0n) is 11.0. The molecule has 1 rings (SSSR count). The molecule has 16 heavy (non-hydrogen) atoms. The highest BCUT2D eigenvalue weighted by molar-refractivity contribution is 5.49. The highest BCUT2D eigenvalue weighted by Crippen LogP contribution is 2.38. The van der Waals surface area contributed by atoms with Crippen LogP contribution in [-0.2, 0) is 9.53 Å². The largest absolute Gasteiger partial charge is 0.370 e. The van der Waals surface area contributed by atoms with Crippen molar-refractivity contribution in [1.29, 1.82) is 0 Å². The highest BCUT2D eigenvalue weighted by Gasteiger charge is 2.36. The predicted octanol–water partition coefficient (Wildman–Crippen LogP) is 3.36. The van der Waals surface area contributed by atoms with E-state index in [-0.39, 0.29) is 17.6 Å². The fourth-order valence-corrected chi connectivity index (χ4v) is 2.34. The fraction of sp³-hybridized carbons (Fsp3) is 0.786. The summed E-state index contributed by atoms with van der Waals surface area (Å²) in [7, 11) is 0. The Labute approximate surface area is 99.1 Å². The van der Waals surface area contributed by atoms with Crippen molar-refractivity contribution in [2.45, 2.75) is 59.2 Å². The van der Waals surface area contributed by atoms with Crippen molar-refractivity contribution in [2.75, 3.05) is 0 Å². The van der Waals surface area contributed by atoms with Crippen molar-refractivity contribution in [3.05, 3.63) is 12.2 Å². The van der Waals surface area contributed by atoms with Gasteiger partial charge in [-0.15, -0.1) is 0 Å². The summed E-state index contributed by atoms with van der Waals surface area (Å²) in [6, 6.07) is 0. The van der Waals surface area contributed by atoms with E-state index in [0.717, 1.165) is 19.1 Å².